The van der Waals surface area contributed by atoms with Crippen LogP contribution in [0.2, 0.25) is 5.02 Å². The Bertz CT molecular complexity index is 1890. The Morgan fingerprint density at radius 1 is 0.786 bits per heavy atom. The zero-order valence-electron chi connectivity index (χ0n) is 30.4. The molecule has 13 nitrogen and oxygen atoms in total. The van der Waals surface area contributed by atoms with E-state index in [1.165, 1.54) is 67.8 Å². The van der Waals surface area contributed by atoms with Gasteiger partial charge in [0.15, 0.2) is 6.61 Å². The Labute approximate surface area is 322 Å². The van der Waals surface area contributed by atoms with E-state index in [4.69, 9.17) is 25.8 Å². The summed E-state index contributed by atoms with van der Waals surface area (Å²) in [5.41, 5.74) is -0.146. The van der Waals surface area contributed by atoms with Crippen molar-refractivity contribution in [3.63, 3.8) is 0 Å². The molecule has 0 fully saturated rings. The van der Waals surface area contributed by atoms with E-state index in [9.17, 15) is 50.7 Å². The van der Waals surface area contributed by atoms with E-state index in [0.717, 1.165) is 5.32 Å². The normalized spacial score (nSPS) is 12.7. The van der Waals surface area contributed by atoms with Gasteiger partial charge in [-0.1, -0.05) is 41.9 Å². The molecular weight excluding hydrogens is 775 g/mol. The highest BCUT2D eigenvalue weighted by atomic mass is 35.5. The fraction of sp³-hybridized carbons (Fsp3) is 0.351. The lowest BCUT2D eigenvalue weighted by molar-refractivity contribution is -0.163. The summed E-state index contributed by atoms with van der Waals surface area (Å²) in [5.74, 6) is -12.7. The summed E-state index contributed by atoms with van der Waals surface area (Å²) in [7, 11) is 1.35. The van der Waals surface area contributed by atoms with Crippen LogP contribution in [0, 0.1) is 0 Å². The fourth-order valence-corrected chi connectivity index (χ4v) is 4.88. The maximum absolute atomic E-state index is 14.4. The molecule has 0 bridgehead atoms. The van der Waals surface area contributed by atoms with Crippen LogP contribution < -0.4 is 30.7 Å². The molecule has 3 aromatic carbocycles. The first-order chi connectivity index (χ1) is 26.1. The van der Waals surface area contributed by atoms with E-state index >= 15 is 0 Å². The third-order valence-corrected chi connectivity index (χ3v) is 7.59. The van der Waals surface area contributed by atoms with Crippen LogP contribution in [0.3, 0.4) is 0 Å². The second-order valence-corrected chi connectivity index (χ2v) is 13.4. The third-order valence-electron chi connectivity index (χ3n) is 7.35. The number of carbonyl (C=O) groups excluding carboxylic acids is 6. The van der Waals surface area contributed by atoms with E-state index in [1.54, 1.807) is 32.9 Å². The summed E-state index contributed by atoms with van der Waals surface area (Å²) in [5, 5.41) is 8.02. The van der Waals surface area contributed by atoms with E-state index in [0.29, 0.717) is 11.3 Å². The van der Waals surface area contributed by atoms with Crippen LogP contribution in [0.5, 0.6) is 11.5 Å². The van der Waals surface area contributed by atoms with Crippen molar-refractivity contribution >= 4 is 47.0 Å². The van der Waals surface area contributed by atoms with Gasteiger partial charge in [0.2, 0.25) is 17.6 Å². The van der Waals surface area contributed by atoms with Gasteiger partial charge >= 0.3 is 18.1 Å². The summed E-state index contributed by atoms with van der Waals surface area (Å²) < 4.78 is 81.8. The number of alkyl halides is 5. The maximum Gasteiger partial charge on any atom is 0.405 e. The number of methoxy groups -OCH3 is 1. The first kappa shape index (κ1) is 44.6. The van der Waals surface area contributed by atoms with Crippen molar-refractivity contribution in [1.29, 1.82) is 0 Å². The molecule has 2 atom stereocenters. The summed E-state index contributed by atoms with van der Waals surface area (Å²) in [4.78, 5) is 76.6. The van der Waals surface area contributed by atoms with Crippen LogP contribution in [-0.4, -0.2) is 85.9 Å². The highest BCUT2D eigenvalue weighted by Gasteiger charge is 2.48. The number of hydrogen-bond donors (Lipinski definition) is 4. The van der Waals surface area contributed by atoms with Crippen LogP contribution in [0.25, 0.3) is 0 Å². The quantitative estimate of drug-likeness (QED) is 0.0881. The van der Waals surface area contributed by atoms with Crippen molar-refractivity contribution in [2.75, 3.05) is 26.8 Å². The molecule has 3 aromatic rings. The van der Waals surface area contributed by atoms with Gasteiger partial charge in [-0.05, 0) is 74.4 Å². The van der Waals surface area contributed by atoms with Crippen LogP contribution in [0.15, 0.2) is 72.8 Å². The minimum absolute atomic E-state index is 0.0465. The number of benzene rings is 3. The monoisotopic (exact) mass is 812 g/mol. The molecule has 0 spiro atoms. The van der Waals surface area contributed by atoms with E-state index in [-0.39, 0.29) is 34.9 Å². The lowest BCUT2D eigenvalue weighted by Crippen LogP contribution is -2.53. The molecule has 0 aromatic heterocycles. The lowest BCUT2D eigenvalue weighted by atomic mass is 10.0. The van der Waals surface area contributed by atoms with Crippen LogP contribution in [0.4, 0.5) is 22.0 Å². The topological polar surface area (TPSA) is 178 Å². The van der Waals surface area contributed by atoms with E-state index in [2.05, 4.69) is 10.6 Å². The zero-order valence-corrected chi connectivity index (χ0v) is 31.1. The molecule has 19 heteroatoms. The van der Waals surface area contributed by atoms with Crippen LogP contribution in [-0.2, 0) is 35.1 Å². The smallest absolute Gasteiger partial charge is 0.405 e. The number of Topliss-reactive ketones (excluding diaryl/α,β-unsaturated/α-hetero) is 1. The van der Waals surface area contributed by atoms with Crippen molar-refractivity contribution < 1.29 is 64.9 Å². The molecule has 302 valence electrons. The first-order valence-electron chi connectivity index (χ1n) is 16.6. The van der Waals surface area contributed by atoms with Crippen molar-refractivity contribution in [3.05, 3.63) is 94.5 Å². The molecule has 0 radical (unpaired) electrons. The largest absolute Gasteiger partial charge is 0.497 e. The highest BCUT2D eigenvalue weighted by Crippen LogP contribution is 2.22. The molecule has 0 aliphatic rings. The number of esters is 1. The third kappa shape index (κ3) is 14.1. The van der Waals surface area contributed by atoms with Gasteiger partial charge < -0.3 is 35.5 Å². The summed E-state index contributed by atoms with van der Waals surface area (Å²) in [6.07, 6.45) is -5.24. The number of nitrogens with one attached hydrogen (secondary N) is 4. The van der Waals surface area contributed by atoms with Crippen molar-refractivity contribution in [2.45, 2.75) is 57.0 Å². The number of hydrogen-bond acceptors (Lipinski definition) is 9. The average molecular weight is 813 g/mol. The maximum atomic E-state index is 14.4. The number of ether oxygens (including phenoxy) is 3. The van der Waals surface area contributed by atoms with Crippen LogP contribution >= 0.6 is 11.6 Å². The number of carbonyl (C=O) groups is 6. The zero-order chi connectivity index (χ0) is 41.8. The predicted molar refractivity (Wildman–Crippen MR) is 190 cm³/mol. The van der Waals surface area contributed by atoms with Crippen molar-refractivity contribution in [2.24, 2.45) is 0 Å². The Hall–Kier alpha value is -5.78. The van der Waals surface area contributed by atoms with Gasteiger partial charge in [0.1, 0.15) is 35.7 Å². The standard InChI is InChI=1S/C37H38ClF5N4O9/c1-35(2,3)56-29(49)19-55-26-12-8-21(9-13-26)16-27(46-31(50)23-6-5-7-24(38)17-23)32(51)47-30(22-10-14-25(54-4)15-11-22)33(52)44-18-28(48)37(42,43)34(53)45-20-36(39,40)41/h5-15,17,27,30H,16,18-20H2,1-4H3,(H,44,52)(H,45,53)(H,46,50)(H,47,51)/t27-,30-/m0/s1. The van der Waals surface area contributed by atoms with Crippen molar-refractivity contribution in [3.8, 4) is 11.5 Å². The van der Waals surface area contributed by atoms with Gasteiger partial charge in [-0.3, -0.25) is 24.0 Å². The number of halogens is 6. The molecular formula is C37H38ClF5N4O9. The van der Waals surface area contributed by atoms with E-state index < -0.39 is 78.3 Å². The molecule has 0 saturated carbocycles. The molecule has 0 heterocycles. The van der Waals surface area contributed by atoms with Gasteiger partial charge in [-0.15, -0.1) is 0 Å². The second kappa shape index (κ2) is 19.2. The van der Waals surface area contributed by atoms with Gasteiger partial charge in [0.05, 0.1) is 13.7 Å². The highest BCUT2D eigenvalue weighted by molar-refractivity contribution is 6.31. The fourth-order valence-electron chi connectivity index (χ4n) is 4.69. The molecule has 3 rings (SSSR count). The molecule has 4 N–H and O–H groups in total. The van der Waals surface area contributed by atoms with E-state index in [1.807, 2.05) is 5.32 Å². The first-order valence-corrected chi connectivity index (χ1v) is 16.9. The molecule has 4 amide bonds. The van der Waals surface area contributed by atoms with Gasteiger partial charge in [0, 0.05) is 17.0 Å². The SMILES string of the molecule is COc1ccc([C@H](NC(=O)[C@H](Cc2ccc(OCC(=O)OC(C)(C)C)cc2)NC(=O)c2cccc(Cl)c2)C(=O)NCC(=O)C(F)(F)C(=O)NCC(F)(F)F)cc1. The Balaban J connectivity index is 1.86. The molecule has 56 heavy (non-hydrogen) atoms. The van der Waals surface area contributed by atoms with Crippen molar-refractivity contribution in [1.82, 2.24) is 21.3 Å². The summed E-state index contributed by atoms with van der Waals surface area (Å²) in [6.45, 7) is 1.05. The molecule has 0 aliphatic heterocycles. The number of ketones is 1. The Kier molecular flexibility index (Phi) is 15.3. The minimum Gasteiger partial charge on any atom is -0.497 e. The summed E-state index contributed by atoms with van der Waals surface area (Å²) >= 11 is 6.04. The summed E-state index contributed by atoms with van der Waals surface area (Å²) in [6, 6.07) is 14.2. The second-order valence-electron chi connectivity index (χ2n) is 13.0. The average Bonchev–Trinajstić information content (AvgIpc) is 3.13. The number of rotatable bonds is 17. The lowest BCUT2D eigenvalue weighted by Gasteiger charge is -2.24. The van der Waals surface area contributed by atoms with Gasteiger partial charge in [-0.25, -0.2) is 4.79 Å². The molecule has 0 aliphatic carbocycles. The Morgan fingerprint density at radius 3 is 1.98 bits per heavy atom. The Morgan fingerprint density at radius 2 is 1.41 bits per heavy atom. The molecule has 0 saturated heterocycles. The minimum atomic E-state index is -5.04. The number of amides is 4. The van der Waals surface area contributed by atoms with Gasteiger partial charge in [0.25, 0.3) is 11.8 Å². The van der Waals surface area contributed by atoms with Gasteiger partial charge in [-0.2, -0.15) is 22.0 Å². The van der Waals surface area contributed by atoms with Crippen LogP contribution in [0.1, 0.15) is 48.3 Å². The molecule has 0 unspecified atom stereocenters. The predicted octanol–water partition coefficient (Wildman–Crippen LogP) is 4.27.